The SMILES string of the molecule is NC(CO)C(=O)O.[AlH3].[BeH2].[Zr]. The number of nitrogens with two attached hydrogens (primary N) is 1. The number of aliphatic hydroxyl groups is 1. The topological polar surface area (TPSA) is 83.5 Å². The van der Waals surface area contributed by atoms with Crippen LogP contribution in [0, 0.1) is 0 Å². The van der Waals surface area contributed by atoms with Gasteiger partial charge in [0.1, 0.15) is 6.04 Å². The minimum absolute atomic E-state index is 0. The van der Waals surface area contributed by atoms with E-state index in [0.29, 0.717) is 0 Å². The number of carbonyl (C=O) groups is 1. The van der Waals surface area contributed by atoms with Crippen LogP contribution in [0.2, 0.25) is 0 Å². The number of aliphatic carboxylic acids is 1. The predicted octanol–water partition coefficient (Wildman–Crippen LogP) is -3.71. The monoisotopic (exact) mass is 236 g/mol. The molecule has 0 radical (unpaired) electrons. The summed E-state index contributed by atoms with van der Waals surface area (Å²) in [5.74, 6) is -1.18. The summed E-state index contributed by atoms with van der Waals surface area (Å²) in [6.45, 7) is -0.505. The maximum absolute atomic E-state index is 9.65. The van der Waals surface area contributed by atoms with Crippen LogP contribution in [0.3, 0.4) is 0 Å². The number of rotatable bonds is 2. The van der Waals surface area contributed by atoms with Crippen LogP contribution < -0.4 is 5.73 Å². The quantitative estimate of drug-likeness (QED) is 0.432. The van der Waals surface area contributed by atoms with E-state index in [4.69, 9.17) is 15.9 Å². The van der Waals surface area contributed by atoms with Crippen LogP contribution >= 0.6 is 0 Å². The Balaban J connectivity index is -0.0000000600. The van der Waals surface area contributed by atoms with Crippen LogP contribution in [0.25, 0.3) is 0 Å². The zero-order valence-electron chi connectivity index (χ0n) is 4.16. The van der Waals surface area contributed by atoms with Gasteiger partial charge in [0.15, 0.2) is 17.4 Å². The molecule has 1 unspecified atom stereocenters. The largest absolute Gasteiger partial charge is 0 e. The van der Waals surface area contributed by atoms with Crippen molar-refractivity contribution in [1.29, 1.82) is 0 Å². The molecule has 0 aliphatic carbocycles. The van der Waals surface area contributed by atoms with Gasteiger partial charge in [-0.15, -0.1) is 0 Å². The van der Waals surface area contributed by atoms with E-state index in [0.717, 1.165) is 0 Å². The molecule has 0 saturated heterocycles. The standard InChI is InChI=1S/C3H7NO3.Al.Be.Zr.5H/c4-2(1-5)3(6)7;;;;;;;;/h2,5H,1,4H2,(H,6,7);;;;;;;;. The van der Waals surface area contributed by atoms with Gasteiger partial charge in [-0.1, -0.05) is 0 Å². The molecule has 1 atom stereocenters. The predicted molar refractivity (Wildman–Crippen MR) is 41.2 cm³/mol. The second-order valence-electron chi connectivity index (χ2n) is 1.13. The van der Waals surface area contributed by atoms with Gasteiger partial charge in [0.2, 0.25) is 0 Å². The molecule has 0 rings (SSSR count). The molecule has 0 bridgehead atoms. The summed E-state index contributed by atoms with van der Waals surface area (Å²) in [4.78, 5) is 9.65. The molecule has 7 heteroatoms. The van der Waals surface area contributed by atoms with Gasteiger partial charge in [-0.3, -0.25) is 4.79 Å². The summed E-state index contributed by atoms with van der Waals surface area (Å²) in [6.07, 6.45) is 0. The Morgan fingerprint density at radius 3 is 1.90 bits per heavy atom. The Hall–Kier alpha value is 0.974. The molecule has 0 aromatic carbocycles. The molecule has 0 spiro atoms. The van der Waals surface area contributed by atoms with E-state index in [9.17, 15) is 4.79 Å². The van der Waals surface area contributed by atoms with Crippen LogP contribution in [-0.4, -0.2) is 56.3 Å². The van der Waals surface area contributed by atoms with Crippen molar-refractivity contribution in [3.05, 3.63) is 0 Å². The van der Waals surface area contributed by atoms with E-state index < -0.39 is 18.6 Å². The summed E-state index contributed by atoms with van der Waals surface area (Å²) < 4.78 is 0. The summed E-state index contributed by atoms with van der Waals surface area (Å²) in [7, 11) is 0. The minimum Gasteiger partial charge on any atom is 0 e. The third-order valence-corrected chi connectivity index (χ3v) is 0.514. The fourth-order valence-electron chi connectivity index (χ4n) is 0.0781. The van der Waals surface area contributed by atoms with Crippen LogP contribution in [-0.2, 0) is 31.0 Å². The Morgan fingerprint density at radius 1 is 1.60 bits per heavy atom. The zero-order valence-corrected chi connectivity index (χ0v) is 6.62. The smallest absolute Gasteiger partial charge is 0 e. The van der Waals surface area contributed by atoms with Gasteiger partial charge in [-0.05, 0) is 0 Å². The maximum atomic E-state index is 9.65. The first-order valence-electron chi connectivity index (χ1n) is 1.77. The third kappa shape index (κ3) is 11.7. The molecule has 4 N–H and O–H groups in total. The molecule has 0 saturated carbocycles. The van der Waals surface area contributed by atoms with Crippen molar-refractivity contribution in [2.24, 2.45) is 5.73 Å². The molecule has 0 aromatic rings. The molecule has 0 aliphatic rings. The summed E-state index contributed by atoms with van der Waals surface area (Å²) >= 11 is 0. The molecule has 0 heterocycles. The molecule has 0 amide bonds. The van der Waals surface area contributed by atoms with Gasteiger partial charge in [0.05, 0.1) is 6.61 Å². The van der Waals surface area contributed by atoms with Crippen LogP contribution in [0.4, 0.5) is 0 Å². The van der Waals surface area contributed by atoms with Crippen molar-refractivity contribution in [3.8, 4) is 0 Å². The van der Waals surface area contributed by atoms with E-state index >= 15 is 0 Å². The third-order valence-electron chi connectivity index (χ3n) is 0.514. The minimum atomic E-state index is -1.18. The van der Waals surface area contributed by atoms with E-state index in [-0.39, 0.29) is 53.7 Å². The molecular weight excluding hydrogens is 225 g/mol. The number of carboxylic acids is 1. The first-order valence-corrected chi connectivity index (χ1v) is 1.77. The number of aliphatic hydroxyl groups excluding tert-OH is 1. The van der Waals surface area contributed by atoms with Crippen LogP contribution in [0.1, 0.15) is 0 Å². The average Bonchev–Trinajstić information content (AvgIpc) is 1.65. The Kier molecular flexibility index (Phi) is 28.4. The normalized spacial score (nSPS) is 9.40. The van der Waals surface area contributed by atoms with E-state index in [1.807, 2.05) is 0 Å². The number of carboxylic acid groups (broad SMARTS) is 1. The van der Waals surface area contributed by atoms with Gasteiger partial charge in [0.25, 0.3) is 0 Å². The molecule has 0 aliphatic heterocycles. The van der Waals surface area contributed by atoms with Gasteiger partial charge in [0, 0.05) is 26.2 Å². The van der Waals surface area contributed by atoms with Crippen molar-refractivity contribution in [1.82, 2.24) is 0 Å². The maximum Gasteiger partial charge on any atom is 0 e. The molecule has 10 heavy (non-hydrogen) atoms. The summed E-state index contributed by atoms with van der Waals surface area (Å²) in [6, 6.07) is -1.13. The fraction of sp³-hybridized carbons (Fsp3) is 0.667. The van der Waals surface area contributed by atoms with Gasteiger partial charge in [-0.25, -0.2) is 0 Å². The Morgan fingerprint density at radius 2 is 1.90 bits per heavy atom. The van der Waals surface area contributed by atoms with E-state index in [2.05, 4.69) is 0 Å². The van der Waals surface area contributed by atoms with Gasteiger partial charge in [-0.2, -0.15) is 0 Å². The van der Waals surface area contributed by atoms with E-state index in [1.165, 1.54) is 0 Å². The molecule has 0 aromatic heterocycles. The average molecular weight is 237 g/mol. The molecule has 4 nitrogen and oxygen atoms in total. The molecular formula is C3H12AlBeNO3Zr. The van der Waals surface area contributed by atoms with Crippen molar-refractivity contribution >= 4 is 33.5 Å². The summed E-state index contributed by atoms with van der Waals surface area (Å²) in [5, 5.41) is 15.9. The second-order valence-corrected chi connectivity index (χ2v) is 1.13. The Labute approximate surface area is 92.6 Å². The fourth-order valence-corrected chi connectivity index (χ4v) is 0.0781. The van der Waals surface area contributed by atoms with Crippen molar-refractivity contribution in [2.45, 2.75) is 6.04 Å². The van der Waals surface area contributed by atoms with Crippen molar-refractivity contribution in [3.63, 3.8) is 0 Å². The first-order chi connectivity index (χ1) is 3.18. The zero-order chi connectivity index (χ0) is 5.86. The number of hydrogen-bond acceptors (Lipinski definition) is 3. The van der Waals surface area contributed by atoms with Crippen LogP contribution in [0.5, 0.6) is 0 Å². The summed E-state index contributed by atoms with van der Waals surface area (Å²) in [5.41, 5.74) is 4.77. The Bertz CT molecular complexity index is 86.1. The molecule has 56 valence electrons. The van der Waals surface area contributed by atoms with Crippen molar-refractivity contribution < 1.29 is 41.2 Å². The first kappa shape index (κ1) is 22.4. The van der Waals surface area contributed by atoms with E-state index in [1.54, 1.807) is 0 Å². The van der Waals surface area contributed by atoms with Crippen molar-refractivity contribution in [2.75, 3.05) is 6.61 Å². The second kappa shape index (κ2) is 12.6. The van der Waals surface area contributed by atoms with Crippen LogP contribution in [0.15, 0.2) is 0 Å². The van der Waals surface area contributed by atoms with Gasteiger partial charge < -0.3 is 15.9 Å². The molecule has 0 fully saturated rings. The van der Waals surface area contributed by atoms with Gasteiger partial charge >= 0.3 is 16.1 Å². The number of hydrogen-bond donors (Lipinski definition) is 3.